The number of rotatable bonds is 6. The molecular formula is C20H20N2O2. The Kier molecular flexibility index (Phi) is 4.87. The van der Waals surface area contributed by atoms with Gasteiger partial charge < -0.3 is 20.9 Å². The lowest BCUT2D eigenvalue weighted by Crippen LogP contribution is -2.10. The second-order valence-corrected chi connectivity index (χ2v) is 5.38. The maximum Gasteiger partial charge on any atom is 0.142 e. The van der Waals surface area contributed by atoms with Crippen molar-refractivity contribution in [3.8, 4) is 22.6 Å². The van der Waals surface area contributed by atoms with E-state index in [1.54, 1.807) is 18.2 Å². The quantitative estimate of drug-likeness (QED) is 0.532. The fourth-order valence-electron chi connectivity index (χ4n) is 2.38. The lowest BCUT2D eigenvalue weighted by Gasteiger charge is -2.11. The maximum atomic E-state index is 5.84. The topological polar surface area (TPSA) is 70.5 Å². The van der Waals surface area contributed by atoms with Crippen LogP contribution in [0.1, 0.15) is 0 Å². The fraction of sp³-hybridized carbons (Fsp3) is 0.100. The van der Waals surface area contributed by atoms with Crippen LogP contribution in [-0.2, 0) is 0 Å². The molecule has 0 aliphatic rings. The van der Waals surface area contributed by atoms with Crippen LogP contribution in [0, 0.1) is 0 Å². The van der Waals surface area contributed by atoms with Crippen LogP contribution < -0.4 is 20.9 Å². The molecule has 0 fully saturated rings. The van der Waals surface area contributed by atoms with Crippen molar-refractivity contribution >= 4 is 11.4 Å². The summed E-state index contributed by atoms with van der Waals surface area (Å²) in [6.07, 6.45) is 0. The van der Waals surface area contributed by atoms with Crippen molar-refractivity contribution in [1.29, 1.82) is 0 Å². The third-order valence-electron chi connectivity index (χ3n) is 3.60. The summed E-state index contributed by atoms with van der Waals surface area (Å²) < 4.78 is 11.3. The number of hydrogen-bond donors (Lipinski definition) is 2. The van der Waals surface area contributed by atoms with Crippen molar-refractivity contribution in [1.82, 2.24) is 0 Å². The summed E-state index contributed by atoms with van der Waals surface area (Å²) >= 11 is 0. The van der Waals surface area contributed by atoms with Gasteiger partial charge in [0.25, 0.3) is 0 Å². The molecule has 0 amide bonds. The van der Waals surface area contributed by atoms with E-state index in [1.165, 1.54) is 5.56 Å². The van der Waals surface area contributed by atoms with Crippen molar-refractivity contribution in [2.24, 2.45) is 0 Å². The molecule has 0 saturated heterocycles. The average Bonchev–Trinajstić information content (AvgIpc) is 2.61. The van der Waals surface area contributed by atoms with Gasteiger partial charge in [-0.3, -0.25) is 0 Å². The predicted molar refractivity (Wildman–Crippen MR) is 98.1 cm³/mol. The molecule has 4 heteroatoms. The van der Waals surface area contributed by atoms with E-state index in [1.807, 2.05) is 42.5 Å². The monoisotopic (exact) mass is 320 g/mol. The third kappa shape index (κ3) is 3.98. The van der Waals surface area contributed by atoms with Crippen LogP contribution in [0.3, 0.4) is 0 Å². The molecule has 3 aromatic rings. The molecule has 0 aromatic heterocycles. The Hall–Kier alpha value is -3.14. The van der Waals surface area contributed by atoms with Gasteiger partial charge in [0, 0.05) is 5.69 Å². The van der Waals surface area contributed by atoms with Gasteiger partial charge in [-0.25, -0.2) is 0 Å². The Labute approximate surface area is 141 Å². The number of ether oxygens (including phenoxy) is 2. The lowest BCUT2D eigenvalue weighted by atomic mass is 10.1. The Morgan fingerprint density at radius 2 is 1.33 bits per heavy atom. The van der Waals surface area contributed by atoms with Gasteiger partial charge in [-0.15, -0.1) is 0 Å². The van der Waals surface area contributed by atoms with Gasteiger partial charge in [0.05, 0.1) is 5.69 Å². The second kappa shape index (κ2) is 7.42. The van der Waals surface area contributed by atoms with Crippen molar-refractivity contribution < 1.29 is 9.47 Å². The highest BCUT2D eigenvalue weighted by Crippen LogP contribution is 2.24. The number of anilines is 2. The zero-order chi connectivity index (χ0) is 16.8. The van der Waals surface area contributed by atoms with Gasteiger partial charge in [-0.05, 0) is 41.5 Å². The van der Waals surface area contributed by atoms with Gasteiger partial charge in [0.2, 0.25) is 0 Å². The maximum absolute atomic E-state index is 5.84. The van der Waals surface area contributed by atoms with Crippen molar-refractivity contribution in [2.45, 2.75) is 0 Å². The Bertz CT molecular complexity index is 786. The van der Waals surface area contributed by atoms with E-state index in [0.717, 1.165) is 11.3 Å². The molecule has 0 spiro atoms. The molecule has 0 unspecified atom stereocenters. The van der Waals surface area contributed by atoms with E-state index in [2.05, 4.69) is 12.1 Å². The molecule has 0 heterocycles. The van der Waals surface area contributed by atoms with Gasteiger partial charge in [0.15, 0.2) is 0 Å². The Morgan fingerprint density at radius 1 is 0.667 bits per heavy atom. The SMILES string of the molecule is Nc1ccc(OCCOc2ccc(-c3ccccc3)cc2)c(N)c1. The molecule has 0 radical (unpaired) electrons. The predicted octanol–water partition coefficient (Wildman–Crippen LogP) is 3.98. The molecule has 0 aliphatic heterocycles. The minimum Gasteiger partial charge on any atom is -0.490 e. The summed E-state index contributed by atoms with van der Waals surface area (Å²) in [5.74, 6) is 1.43. The summed E-state index contributed by atoms with van der Waals surface area (Å²) in [7, 11) is 0. The first kappa shape index (κ1) is 15.7. The van der Waals surface area contributed by atoms with Crippen LogP contribution in [0.4, 0.5) is 11.4 Å². The highest BCUT2D eigenvalue weighted by molar-refractivity contribution is 5.64. The molecule has 0 saturated carbocycles. The summed E-state index contributed by atoms with van der Waals surface area (Å²) in [5, 5.41) is 0. The Morgan fingerprint density at radius 3 is 2.04 bits per heavy atom. The van der Waals surface area contributed by atoms with E-state index in [-0.39, 0.29) is 0 Å². The van der Waals surface area contributed by atoms with Crippen molar-refractivity contribution in [2.75, 3.05) is 24.7 Å². The normalized spacial score (nSPS) is 10.3. The van der Waals surface area contributed by atoms with E-state index < -0.39 is 0 Å². The van der Waals surface area contributed by atoms with Gasteiger partial charge in [-0.1, -0.05) is 42.5 Å². The van der Waals surface area contributed by atoms with Gasteiger partial charge in [-0.2, -0.15) is 0 Å². The summed E-state index contributed by atoms with van der Waals surface area (Å²) in [6, 6.07) is 23.4. The first-order valence-electron chi connectivity index (χ1n) is 7.78. The number of benzene rings is 3. The van der Waals surface area contributed by atoms with E-state index in [9.17, 15) is 0 Å². The summed E-state index contributed by atoms with van der Waals surface area (Å²) in [4.78, 5) is 0. The molecule has 0 atom stereocenters. The summed E-state index contributed by atoms with van der Waals surface area (Å²) in [6.45, 7) is 0.850. The minimum absolute atomic E-state index is 0.411. The molecular weight excluding hydrogens is 300 g/mol. The number of nitrogens with two attached hydrogens (primary N) is 2. The second-order valence-electron chi connectivity index (χ2n) is 5.38. The lowest BCUT2D eigenvalue weighted by molar-refractivity contribution is 0.218. The fourth-order valence-corrected chi connectivity index (χ4v) is 2.38. The molecule has 24 heavy (non-hydrogen) atoms. The van der Waals surface area contributed by atoms with E-state index in [4.69, 9.17) is 20.9 Å². The van der Waals surface area contributed by atoms with Crippen LogP contribution >= 0.6 is 0 Å². The average molecular weight is 320 g/mol. The molecule has 4 nitrogen and oxygen atoms in total. The molecule has 0 bridgehead atoms. The van der Waals surface area contributed by atoms with Crippen LogP contribution in [-0.4, -0.2) is 13.2 Å². The van der Waals surface area contributed by atoms with Crippen LogP contribution in [0.15, 0.2) is 72.8 Å². The largest absolute Gasteiger partial charge is 0.490 e. The minimum atomic E-state index is 0.411. The molecule has 0 aliphatic carbocycles. The van der Waals surface area contributed by atoms with Gasteiger partial charge >= 0.3 is 0 Å². The smallest absolute Gasteiger partial charge is 0.142 e. The highest BCUT2D eigenvalue weighted by atomic mass is 16.5. The third-order valence-corrected chi connectivity index (χ3v) is 3.60. The molecule has 3 aromatic carbocycles. The van der Waals surface area contributed by atoms with Gasteiger partial charge in [0.1, 0.15) is 24.7 Å². The zero-order valence-corrected chi connectivity index (χ0v) is 13.3. The first-order chi connectivity index (χ1) is 11.7. The molecule has 122 valence electrons. The van der Waals surface area contributed by atoms with E-state index in [0.29, 0.717) is 30.3 Å². The first-order valence-corrected chi connectivity index (χ1v) is 7.78. The zero-order valence-electron chi connectivity index (χ0n) is 13.3. The number of nitrogen functional groups attached to an aromatic ring is 2. The van der Waals surface area contributed by atoms with Crippen LogP contribution in [0.5, 0.6) is 11.5 Å². The van der Waals surface area contributed by atoms with Crippen molar-refractivity contribution in [3.05, 3.63) is 72.8 Å². The molecule has 3 rings (SSSR count). The standard InChI is InChI=1S/C20H20N2O2/c21-17-8-11-20(19(22)14-17)24-13-12-23-18-9-6-16(7-10-18)15-4-2-1-3-5-15/h1-11,14H,12-13,21-22H2. The van der Waals surface area contributed by atoms with E-state index >= 15 is 0 Å². The highest BCUT2D eigenvalue weighted by Gasteiger charge is 2.02. The number of hydrogen-bond acceptors (Lipinski definition) is 4. The van der Waals surface area contributed by atoms with Crippen LogP contribution in [0.25, 0.3) is 11.1 Å². The Balaban J connectivity index is 1.50. The van der Waals surface area contributed by atoms with Crippen molar-refractivity contribution in [3.63, 3.8) is 0 Å². The summed E-state index contributed by atoms with van der Waals surface area (Å²) in [5.41, 5.74) is 15.0. The van der Waals surface area contributed by atoms with Crippen LogP contribution in [0.2, 0.25) is 0 Å². The molecule has 4 N–H and O–H groups in total.